The Kier molecular flexibility index (Phi) is 5.43. The van der Waals surface area contributed by atoms with Crippen LogP contribution in [0.5, 0.6) is 17.2 Å². The van der Waals surface area contributed by atoms with Crippen molar-refractivity contribution in [2.45, 2.75) is 19.8 Å². The fraction of sp³-hybridized carbons (Fsp3) is 0.350. The van der Waals surface area contributed by atoms with Crippen LogP contribution in [0, 0.1) is 6.92 Å². The number of ether oxygens (including phenoxy) is 3. The van der Waals surface area contributed by atoms with Crippen molar-refractivity contribution in [1.82, 2.24) is 5.32 Å². The lowest BCUT2D eigenvalue weighted by atomic mass is 10.0. The molecule has 1 amide bonds. The standard InChI is InChI=1S/C20H23NO4/c1-14-10-18-19(25-9-8-24-18)13-16(14)6-7-21-20(22)12-15-4-3-5-17(11-15)23-2/h3-5,10-11,13H,6-9,12H2,1-2H3,(H,21,22). The van der Waals surface area contributed by atoms with E-state index >= 15 is 0 Å². The molecule has 5 nitrogen and oxygen atoms in total. The molecule has 0 saturated heterocycles. The molecule has 5 heteroatoms. The van der Waals surface area contributed by atoms with Crippen LogP contribution >= 0.6 is 0 Å². The summed E-state index contributed by atoms with van der Waals surface area (Å²) in [5, 5.41) is 2.97. The molecule has 1 aliphatic rings. The monoisotopic (exact) mass is 341 g/mol. The van der Waals surface area contributed by atoms with Gasteiger partial charge in [0.1, 0.15) is 19.0 Å². The number of benzene rings is 2. The normalized spacial score (nSPS) is 12.6. The third kappa shape index (κ3) is 4.44. The molecule has 1 heterocycles. The first-order chi connectivity index (χ1) is 12.2. The predicted octanol–water partition coefficient (Wildman–Crippen LogP) is 2.68. The van der Waals surface area contributed by atoms with E-state index in [0.717, 1.165) is 40.4 Å². The smallest absolute Gasteiger partial charge is 0.224 e. The Labute approximate surface area is 147 Å². The second kappa shape index (κ2) is 7.92. The lowest BCUT2D eigenvalue weighted by Gasteiger charge is -2.20. The van der Waals surface area contributed by atoms with Gasteiger partial charge in [0.15, 0.2) is 11.5 Å². The maximum atomic E-state index is 12.1. The number of rotatable bonds is 6. The van der Waals surface area contributed by atoms with Crippen molar-refractivity contribution in [3.8, 4) is 17.2 Å². The van der Waals surface area contributed by atoms with Crippen molar-refractivity contribution in [3.05, 3.63) is 53.1 Å². The number of fused-ring (bicyclic) bond motifs is 1. The van der Waals surface area contributed by atoms with E-state index in [1.54, 1.807) is 7.11 Å². The van der Waals surface area contributed by atoms with Gasteiger partial charge in [-0.1, -0.05) is 12.1 Å². The van der Waals surface area contributed by atoms with Crippen LogP contribution in [0.1, 0.15) is 16.7 Å². The first-order valence-electron chi connectivity index (χ1n) is 8.44. The van der Waals surface area contributed by atoms with Crippen LogP contribution in [0.2, 0.25) is 0 Å². The average molecular weight is 341 g/mol. The number of carbonyl (C=O) groups excluding carboxylic acids is 1. The van der Waals surface area contributed by atoms with Crippen molar-refractivity contribution >= 4 is 5.91 Å². The molecule has 0 aliphatic carbocycles. The lowest BCUT2D eigenvalue weighted by Crippen LogP contribution is -2.27. The van der Waals surface area contributed by atoms with Gasteiger partial charge in [-0.05, 0) is 54.3 Å². The molecular formula is C20H23NO4. The molecule has 0 spiro atoms. The highest BCUT2D eigenvalue weighted by atomic mass is 16.6. The zero-order chi connectivity index (χ0) is 17.6. The summed E-state index contributed by atoms with van der Waals surface area (Å²) in [4.78, 5) is 12.1. The summed E-state index contributed by atoms with van der Waals surface area (Å²) < 4.78 is 16.4. The van der Waals surface area contributed by atoms with Crippen LogP contribution in [0.4, 0.5) is 0 Å². The van der Waals surface area contributed by atoms with Crippen LogP contribution in [0.15, 0.2) is 36.4 Å². The highest BCUT2D eigenvalue weighted by Crippen LogP contribution is 2.33. The zero-order valence-electron chi connectivity index (χ0n) is 14.6. The molecule has 0 fully saturated rings. The van der Waals surface area contributed by atoms with E-state index in [4.69, 9.17) is 14.2 Å². The number of hydrogen-bond acceptors (Lipinski definition) is 4. The minimum Gasteiger partial charge on any atom is -0.497 e. The van der Waals surface area contributed by atoms with Gasteiger partial charge in [0, 0.05) is 6.54 Å². The van der Waals surface area contributed by atoms with Crippen LogP contribution in [-0.2, 0) is 17.6 Å². The Morgan fingerprint density at radius 3 is 2.68 bits per heavy atom. The molecule has 0 saturated carbocycles. The molecule has 2 aromatic rings. The van der Waals surface area contributed by atoms with Gasteiger partial charge in [-0.15, -0.1) is 0 Å². The molecule has 25 heavy (non-hydrogen) atoms. The van der Waals surface area contributed by atoms with Crippen LogP contribution < -0.4 is 19.5 Å². The number of aryl methyl sites for hydroxylation is 1. The summed E-state index contributed by atoms with van der Waals surface area (Å²) in [6.45, 7) is 3.80. The summed E-state index contributed by atoms with van der Waals surface area (Å²) in [7, 11) is 1.62. The Morgan fingerprint density at radius 2 is 1.92 bits per heavy atom. The van der Waals surface area contributed by atoms with Crippen LogP contribution in [-0.4, -0.2) is 32.8 Å². The largest absolute Gasteiger partial charge is 0.497 e. The number of nitrogens with one attached hydrogen (secondary N) is 1. The molecule has 2 aromatic carbocycles. The molecule has 1 N–H and O–H groups in total. The highest BCUT2D eigenvalue weighted by Gasteiger charge is 2.14. The number of carbonyl (C=O) groups is 1. The Morgan fingerprint density at radius 1 is 1.16 bits per heavy atom. The Balaban J connectivity index is 1.53. The predicted molar refractivity (Wildman–Crippen MR) is 95.6 cm³/mol. The van der Waals surface area contributed by atoms with E-state index in [-0.39, 0.29) is 5.91 Å². The zero-order valence-corrected chi connectivity index (χ0v) is 14.6. The number of hydrogen-bond donors (Lipinski definition) is 1. The summed E-state index contributed by atoms with van der Waals surface area (Å²) in [5.74, 6) is 2.35. The van der Waals surface area contributed by atoms with Crippen LogP contribution in [0.25, 0.3) is 0 Å². The quantitative estimate of drug-likeness (QED) is 0.878. The third-order valence-corrected chi connectivity index (χ3v) is 4.22. The summed E-state index contributed by atoms with van der Waals surface area (Å²) in [5.41, 5.74) is 3.24. The fourth-order valence-electron chi connectivity index (χ4n) is 2.87. The molecule has 0 bridgehead atoms. The van der Waals surface area contributed by atoms with Gasteiger partial charge in [0.25, 0.3) is 0 Å². The van der Waals surface area contributed by atoms with Crippen molar-refractivity contribution in [2.24, 2.45) is 0 Å². The van der Waals surface area contributed by atoms with Gasteiger partial charge in [0.2, 0.25) is 5.91 Å². The molecule has 1 aliphatic heterocycles. The van der Waals surface area contributed by atoms with Crippen molar-refractivity contribution in [3.63, 3.8) is 0 Å². The van der Waals surface area contributed by atoms with Gasteiger partial charge in [-0.3, -0.25) is 4.79 Å². The fourth-order valence-corrected chi connectivity index (χ4v) is 2.87. The summed E-state index contributed by atoms with van der Waals surface area (Å²) >= 11 is 0. The molecule has 0 radical (unpaired) electrons. The third-order valence-electron chi connectivity index (χ3n) is 4.22. The Hall–Kier alpha value is -2.69. The van der Waals surface area contributed by atoms with E-state index < -0.39 is 0 Å². The van der Waals surface area contributed by atoms with Gasteiger partial charge < -0.3 is 19.5 Å². The van der Waals surface area contributed by atoms with Gasteiger partial charge in [0.05, 0.1) is 13.5 Å². The highest BCUT2D eigenvalue weighted by molar-refractivity contribution is 5.78. The SMILES string of the molecule is COc1cccc(CC(=O)NCCc2cc3c(cc2C)OCCO3)c1. The van der Waals surface area contributed by atoms with E-state index in [0.29, 0.717) is 26.2 Å². The summed E-state index contributed by atoms with van der Waals surface area (Å²) in [6.07, 6.45) is 1.10. The maximum absolute atomic E-state index is 12.1. The van der Waals surface area contributed by atoms with E-state index in [1.165, 1.54) is 0 Å². The van der Waals surface area contributed by atoms with Crippen molar-refractivity contribution < 1.29 is 19.0 Å². The molecule has 0 unspecified atom stereocenters. The van der Waals surface area contributed by atoms with E-state index in [2.05, 4.69) is 5.32 Å². The first kappa shape index (κ1) is 17.1. The second-order valence-electron chi connectivity index (χ2n) is 6.05. The molecule has 0 aromatic heterocycles. The number of amides is 1. The van der Waals surface area contributed by atoms with Crippen LogP contribution in [0.3, 0.4) is 0 Å². The topological polar surface area (TPSA) is 56.8 Å². The van der Waals surface area contributed by atoms with E-state index in [9.17, 15) is 4.79 Å². The van der Waals surface area contributed by atoms with Gasteiger partial charge in [-0.2, -0.15) is 0 Å². The molecular weight excluding hydrogens is 318 g/mol. The molecule has 132 valence electrons. The summed E-state index contributed by atoms with van der Waals surface area (Å²) in [6, 6.07) is 11.6. The minimum atomic E-state index is 0.00319. The molecule has 0 atom stereocenters. The maximum Gasteiger partial charge on any atom is 0.224 e. The number of methoxy groups -OCH3 is 1. The second-order valence-corrected chi connectivity index (χ2v) is 6.05. The van der Waals surface area contributed by atoms with Gasteiger partial charge in [-0.25, -0.2) is 0 Å². The van der Waals surface area contributed by atoms with E-state index in [1.807, 2.05) is 43.3 Å². The van der Waals surface area contributed by atoms with Gasteiger partial charge >= 0.3 is 0 Å². The first-order valence-corrected chi connectivity index (χ1v) is 8.44. The van der Waals surface area contributed by atoms with Crippen molar-refractivity contribution in [1.29, 1.82) is 0 Å². The minimum absolute atomic E-state index is 0.00319. The Bertz CT molecular complexity index is 757. The average Bonchev–Trinajstić information content (AvgIpc) is 2.62. The van der Waals surface area contributed by atoms with Crippen molar-refractivity contribution in [2.75, 3.05) is 26.9 Å². The lowest BCUT2D eigenvalue weighted by molar-refractivity contribution is -0.120. The molecule has 3 rings (SSSR count).